The first-order valence-corrected chi connectivity index (χ1v) is 9.54. The van der Waals surface area contributed by atoms with E-state index in [2.05, 4.69) is 5.32 Å². The molecular formula is C16H21FN2O3S. The molecule has 0 spiro atoms. The standard InChI is InChI=1S/C16H21FN2O3S/c1-11-10-19(23(2,20)21)6-5-15(11)18-9-14-8-12-7-13(17)3-4-16(12)22-14/h3-4,7-8,11,15,18H,5-6,9-10H2,1-2H3/t11-,15+/m0/s1. The molecular weight excluding hydrogens is 319 g/mol. The summed E-state index contributed by atoms with van der Waals surface area (Å²) in [5.41, 5.74) is 0.670. The maximum Gasteiger partial charge on any atom is 0.211 e. The number of halogens is 1. The highest BCUT2D eigenvalue weighted by Gasteiger charge is 2.30. The fourth-order valence-corrected chi connectivity index (χ4v) is 4.04. The number of nitrogens with one attached hydrogen (secondary N) is 1. The van der Waals surface area contributed by atoms with Crippen molar-refractivity contribution in [1.29, 1.82) is 0 Å². The summed E-state index contributed by atoms with van der Waals surface area (Å²) in [6, 6.07) is 6.53. The van der Waals surface area contributed by atoms with E-state index in [1.165, 1.54) is 22.7 Å². The zero-order valence-electron chi connectivity index (χ0n) is 13.3. The first-order chi connectivity index (χ1) is 10.8. The summed E-state index contributed by atoms with van der Waals surface area (Å²) in [4.78, 5) is 0. The van der Waals surface area contributed by atoms with Crippen molar-refractivity contribution >= 4 is 21.0 Å². The topological polar surface area (TPSA) is 62.6 Å². The number of sulfonamides is 1. The van der Waals surface area contributed by atoms with Crippen molar-refractivity contribution in [3.05, 3.63) is 35.8 Å². The molecule has 5 nitrogen and oxygen atoms in total. The van der Waals surface area contributed by atoms with E-state index >= 15 is 0 Å². The molecule has 0 amide bonds. The zero-order valence-corrected chi connectivity index (χ0v) is 14.1. The number of benzene rings is 1. The molecule has 1 aliphatic heterocycles. The van der Waals surface area contributed by atoms with E-state index in [-0.39, 0.29) is 17.8 Å². The van der Waals surface area contributed by atoms with E-state index in [1.54, 1.807) is 6.07 Å². The van der Waals surface area contributed by atoms with E-state index in [0.717, 1.165) is 17.6 Å². The normalized spacial score (nSPS) is 23.4. The predicted octanol–water partition coefficient (Wildman–Crippen LogP) is 2.33. The lowest BCUT2D eigenvalue weighted by Crippen LogP contribution is -2.49. The van der Waals surface area contributed by atoms with E-state index in [4.69, 9.17) is 4.42 Å². The van der Waals surface area contributed by atoms with Gasteiger partial charge in [-0.15, -0.1) is 0 Å². The van der Waals surface area contributed by atoms with Gasteiger partial charge in [0.25, 0.3) is 0 Å². The summed E-state index contributed by atoms with van der Waals surface area (Å²) in [6.07, 6.45) is 2.02. The van der Waals surface area contributed by atoms with E-state index in [9.17, 15) is 12.8 Å². The molecule has 0 aliphatic carbocycles. The Morgan fingerprint density at radius 1 is 1.39 bits per heavy atom. The van der Waals surface area contributed by atoms with Crippen molar-refractivity contribution in [3.63, 3.8) is 0 Å². The van der Waals surface area contributed by atoms with E-state index in [0.29, 0.717) is 25.2 Å². The first-order valence-electron chi connectivity index (χ1n) is 7.69. The van der Waals surface area contributed by atoms with Crippen molar-refractivity contribution < 1.29 is 17.2 Å². The molecule has 0 bridgehead atoms. The molecule has 1 aliphatic rings. The summed E-state index contributed by atoms with van der Waals surface area (Å²) in [5.74, 6) is 0.697. The number of hydrogen-bond acceptors (Lipinski definition) is 4. The second kappa shape index (κ2) is 6.22. The van der Waals surface area contributed by atoms with Crippen LogP contribution in [0.4, 0.5) is 4.39 Å². The van der Waals surface area contributed by atoms with Gasteiger partial charge in [-0.3, -0.25) is 0 Å². The van der Waals surface area contributed by atoms with Gasteiger partial charge in [0.15, 0.2) is 0 Å². The van der Waals surface area contributed by atoms with Gasteiger partial charge in [0.05, 0.1) is 12.8 Å². The lowest BCUT2D eigenvalue weighted by atomic mass is 9.95. The lowest BCUT2D eigenvalue weighted by Gasteiger charge is -2.35. The van der Waals surface area contributed by atoms with Crippen LogP contribution in [0.1, 0.15) is 19.1 Å². The average molecular weight is 340 g/mol. The molecule has 2 aromatic rings. The average Bonchev–Trinajstić information content (AvgIpc) is 2.86. The minimum absolute atomic E-state index is 0.222. The van der Waals surface area contributed by atoms with Crippen molar-refractivity contribution in [1.82, 2.24) is 9.62 Å². The van der Waals surface area contributed by atoms with Gasteiger partial charge in [-0.25, -0.2) is 17.1 Å². The number of furan rings is 1. The Balaban J connectivity index is 1.61. The lowest BCUT2D eigenvalue weighted by molar-refractivity contribution is 0.217. The molecule has 1 aromatic carbocycles. The molecule has 1 aromatic heterocycles. The summed E-state index contributed by atoms with van der Waals surface area (Å²) >= 11 is 0. The van der Waals surface area contributed by atoms with E-state index in [1.807, 2.05) is 13.0 Å². The molecule has 7 heteroatoms. The van der Waals surface area contributed by atoms with Crippen LogP contribution in [0.3, 0.4) is 0 Å². The Labute approximate surface area is 135 Å². The number of nitrogens with zero attached hydrogens (tertiary/aromatic N) is 1. The molecule has 0 unspecified atom stereocenters. The molecule has 2 heterocycles. The molecule has 126 valence electrons. The van der Waals surface area contributed by atoms with Crippen LogP contribution in [-0.2, 0) is 16.6 Å². The van der Waals surface area contributed by atoms with Gasteiger partial charge in [0, 0.05) is 24.5 Å². The summed E-state index contributed by atoms with van der Waals surface area (Å²) in [6.45, 7) is 3.65. The van der Waals surface area contributed by atoms with Crippen LogP contribution in [0.2, 0.25) is 0 Å². The molecule has 0 radical (unpaired) electrons. The molecule has 0 saturated carbocycles. The van der Waals surface area contributed by atoms with Gasteiger partial charge < -0.3 is 9.73 Å². The Morgan fingerprint density at radius 2 is 2.17 bits per heavy atom. The monoisotopic (exact) mass is 340 g/mol. The fourth-order valence-electron chi connectivity index (χ4n) is 3.10. The highest BCUT2D eigenvalue weighted by atomic mass is 32.2. The smallest absolute Gasteiger partial charge is 0.211 e. The van der Waals surface area contributed by atoms with Crippen LogP contribution >= 0.6 is 0 Å². The second-order valence-corrected chi connectivity index (χ2v) is 8.25. The molecule has 1 N–H and O–H groups in total. The third-order valence-corrected chi connectivity index (χ3v) is 5.67. The van der Waals surface area contributed by atoms with Gasteiger partial charge in [-0.2, -0.15) is 0 Å². The number of rotatable bonds is 4. The van der Waals surface area contributed by atoms with Crippen molar-refractivity contribution in [2.24, 2.45) is 5.92 Å². The first kappa shape index (κ1) is 16.4. The Hall–Kier alpha value is -1.44. The van der Waals surface area contributed by atoms with Gasteiger partial charge >= 0.3 is 0 Å². The highest BCUT2D eigenvalue weighted by Crippen LogP contribution is 2.22. The Kier molecular flexibility index (Phi) is 4.44. The largest absolute Gasteiger partial charge is 0.460 e. The van der Waals surface area contributed by atoms with Crippen LogP contribution in [0, 0.1) is 11.7 Å². The van der Waals surface area contributed by atoms with Gasteiger partial charge in [0.1, 0.15) is 17.2 Å². The molecule has 2 atom stereocenters. The summed E-state index contributed by atoms with van der Waals surface area (Å²) in [5, 5.41) is 4.18. The number of hydrogen-bond donors (Lipinski definition) is 1. The van der Waals surface area contributed by atoms with Crippen molar-refractivity contribution in [3.8, 4) is 0 Å². The van der Waals surface area contributed by atoms with Crippen LogP contribution in [-0.4, -0.2) is 38.1 Å². The van der Waals surface area contributed by atoms with Crippen molar-refractivity contribution in [2.75, 3.05) is 19.3 Å². The fraction of sp³-hybridized carbons (Fsp3) is 0.500. The molecule has 1 fully saturated rings. The van der Waals surface area contributed by atoms with Gasteiger partial charge in [-0.05, 0) is 36.6 Å². The Morgan fingerprint density at radius 3 is 2.87 bits per heavy atom. The van der Waals surface area contributed by atoms with Crippen LogP contribution < -0.4 is 5.32 Å². The van der Waals surface area contributed by atoms with E-state index < -0.39 is 10.0 Å². The molecule has 23 heavy (non-hydrogen) atoms. The third-order valence-electron chi connectivity index (χ3n) is 4.40. The minimum atomic E-state index is -3.12. The minimum Gasteiger partial charge on any atom is -0.460 e. The maximum atomic E-state index is 13.2. The van der Waals surface area contributed by atoms with Gasteiger partial charge in [0.2, 0.25) is 10.0 Å². The number of piperidine rings is 1. The van der Waals surface area contributed by atoms with Crippen LogP contribution in [0.5, 0.6) is 0 Å². The second-order valence-electron chi connectivity index (χ2n) is 6.27. The van der Waals surface area contributed by atoms with Crippen LogP contribution in [0.25, 0.3) is 11.0 Å². The molecule has 1 saturated heterocycles. The predicted molar refractivity (Wildman–Crippen MR) is 87.0 cm³/mol. The number of fused-ring (bicyclic) bond motifs is 1. The van der Waals surface area contributed by atoms with Crippen molar-refractivity contribution in [2.45, 2.75) is 25.9 Å². The third kappa shape index (κ3) is 3.73. The quantitative estimate of drug-likeness (QED) is 0.928. The molecule has 3 rings (SSSR count). The van der Waals surface area contributed by atoms with Crippen LogP contribution in [0.15, 0.2) is 28.7 Å². The van der Waals surface area contributed by atoms with Gasteiger partial charge in [-0.1, -0.05) is 6.92 Å². The highest BCUT2D eigenvalue weighted by molar-refractivity contribution is 7.88. The summed E-state index contributed by atoms with van der Waals surface area (Å²) in [7, 11) is -3.12. The SMILES string of the molecule is C[C@H]1CN(S(C)(=O)=O)CC[C@H]1NCc1cc2cc(F)ccc2o1. The summed E-state index contributed by atoms with van der Waals surface area (Å²) < 4.78 is 43.6. The maximum absolute atomic E-state index is 13.2. The zero-order chi connectivity index (χ0) is 16.6. The Bertz CT molecular complexity index is 803.